The second-order valence-electron chi connectivity index (χ2n) is 5.68. The van der Waals surface area contributed by atoms with Crippen molar-refractivity contribution in [2.24, 2.45) is 5.92 Å². The molecule has 0 aromatic heterocycles. The SMILES string of the molecule is CCN(CCCC(=O)Nc1ccc(N)cc1Cl)CC(C)C. The molecule has 1 aromatic carbocycles. The molecule has 4 nitrogen and oxygen atoms in total. The van der Waals surface area contributed by atoms with Crippen molar-refractivity contribution in [3.8, 4) is 0 Å². The van der Waals surface area contributed by atoms with Gasteiger partial charge in [-0.15, -0.1) is 0 Å². The second-order valence-corrected chi connectivity index (χ2v) is 6.09. The number of nitrogens with two attached hydrogens (primary N) is 1. The summed E-state index contributed by atoms with van der Waals surface area (Å²) in [6.45, 7) is 9.59. The normalized spacial score (nSPS) is 11.1. The van der Waals surface area contributed by atoms with Gasteiger partial charge in [-0.3, -0.25) is 4.79 Å². The molecule has 0 unspecified atom stereocenters. The van der Waals surface area contributed by atoms with Gasteiger partial charge in [0.25, 0.3) is 0 Å². The topological polar surface area (TPSA) is 58.4 Å². The number of halogens is 1. The zero-order valence-electron chi connectivity index (χ0n) is 13.2. The molecule has 3 N–H and O–H groups in total. The number of rotatable bonds is 8. The lowest BCUT2D eigenvalue weighted by molar-refractivity contribution is -0.116. The Balaban J connectivity index is 2.37. The Morgan fingerprint density at radius 3 is 2.71 bits per heavy atom. The molecule has 118 valence electrons. The van der Waals surface area contributed by atoms with Crippen LogP contribution in [0, 0.1) is 5.92 Å². The fourth-order valence-electron chi connectivity index (χ4n) is 2.20. The number of nitrogens with one attached hydrogen (secondary N) is 1. The molecule has 0 saturated heterocycles. The Kier molecular flexibility index (Phi) is 7.54. The minimum Gasteiger partial charge on any atom is -0.399 e. The standard InChI is InChI=1S/C16H26ClN3O/c1-4-20(11-12(2)3)9-5-6-16(21)19-15-8-7-13(18)10-14(15)17/h7-8,10,12H,4-6,9,11,18H2,1-3H3,(H,19,21). The highest BCUT2D eigenvalue weighted by Gasteiger charge is 2.08. The molecular weight excluding hydrogens is 286 g/mol. The van der Waals surface area contributed by atoms with Gasteiger partial charge in [-0.1, -0.05) is 32.4 Å². The third-order valence-electron chi connectivity index (χ3n) is 3.22. The van der Waals surface area contributed by atoms with Crippen LogP contribution in [-0.2, 0) is 4.79 Å². The molecular formula is C16H26ClN3O. The van der Waals surface area contributed by atoms with Crippen LogP contribution in [-0.4, -0.2) is 30.4 Å². The zero-order chi connectivity index (χ0) is 15.8. The quantitative estimate of drug-likeness (QED) is 0.721. The average Bonchev–Trinajstić information content (AvgIpc) is 2.40. The first-order valence-electron chi connectivity index (χ1n) is 7.49. The fourth-order valence-corrected chi connectivity index (χ4v) is 2.44. The smallest absolute Gasteiger partial charge is 0.224 e. The highest BCUT2D eigenvalue weighted by atomic mass is 35.5. The van der Waals surface area contributed by atoms with Crippen LogP contribution < -0.4 is 11.1 Å². The van der Waals surface area contributed by atoms with Gasteiger partial charge in [0, 0.05) is 18.7 Å². The molecule has 0 fully saturated rings. The second kappa shape index (κ2) is 8.90. The lowest BCUT2D eigenvalue weighted by atomic mass is 10.2. The number of nitrogens with zero attached hydrogens (tertiary/aromatic N) is 1. The van der Waals surface area contributed by atoms with Gasteiger partial charge in [0.15, 0.2) is 0 Å². The van der Waals surface area contributed by atoms with E-state index in [1.54, 1.807) is 18.2 Å². The van der Waals surface area contributed by atoms with Gasteiger partial charge in [-0.2, -0.15) is 0 Å². The molecule has 21 heavy (non-hydrogen) atoms. The molecule has 1 aromatic rings. The van der Waals surface area contributed by atoms with E-state index in [2.05, 4.69) is 31.0 Å². The van der Waals surface area contributed by atoms with Crippen LogP contribution >= 0.6 is 11.6 Å². The van der Waals surface area contributed by atoms with Crippen molar-refractivity contribution in [2.45, 2.75) is 33.6 Å². The van der Waals surface area contributed by atoms with Gasteiger partial charge in [-0.05, 0) is 43.6 Å². The van der Waals surface area contributed by atoms with Gasteiger partial charge in [0.05, 0.1) is 10.7 Å². The van der Waals surface area contributed by atoms with Crippen LogP contribution in [0.5, 0.6) is 0 Å². The van der Waals surface area contributed by atoms with Gasteiger partial charge >= 0.3 is 0 Å². The molecule has 5 heteroatoms. The van der Waals surface area contributed by atoms with E-state index >= 15 is 0 Å². The van der Waals surface area contributed by atoms with E-state index in [-0.39, 0.29) is 5.91 Å². The van der Waals surface area contributed by atoms with E-state index in [4.69, 9.17) is 17.3 Å². The first-order valence-corrected chi connectivity index (χ1v) is 7.87. The molecule has 1 rings (SSSR count). The summed E-state index contributed by atoms with van der Waals surface area (Å²) in [7, 11) is 0. The van der Waals surface area contributed by atoms with Gasteiger partial charge in [0.2, 0.25) is 5.91 Å². The summed E-state index contributed by atoms with van der Waals surface area (Å²) in [6, 6.07) is 5.09. The zero-order valence-corrected chi connectivity index (χ0v) is 13.9. The lowest BCUT2D eigenvalue weighted by Gasteiger charge is -2.22. The number of carbonyl (C=O) groups excluding carboxylic acids is 1. The van der Waals surface area contributed by atoms with E-state index in [0.29, 0.717) is 28.7 Å². The molecule has 0 bridgehead atoms. The maximum Gasteiger partial charge on any atom is 0.224 e. The summed E-state index contributed by atoms with van der Waals surface area (Å²) in [4.78, 5) is 14.3. The maximum atomic E-state index is 11.9. The summed E-state index contributed by atoms with van der Waals surface area (Å²) < 4.78 is 0. The van der Waals surface area contributed by atoms with Gasteiger partial charge in [-0.25, -0.2) is 0 Å². The number of carbonyl (C=O) groups is 1. The molecule has 1 amide bonds. The first-order chi connectivity index (χ1) is 9.92. The van der Waals surface area contributed by atoms with Crippen molar-refractivity contribution in [2.75, 3.05) is 30.7 Å². The summed E-state index contributed by atoms with van der Waals surface area (Å²) >= 11 is 6.03. The van der Waals surface area contributed by atoms with Crippen molar-refractivity contribution in [3.63, 3.8) is 0 Å². The molecule has 0 heterocycles. The molecule has 0 radical (unpaired) electrons. The van der Waals surface area contributed by atoms with Crippen molar-refractivity contribution >= 4 is 28.9 Å². The van der Waals surface area contributed by atoms with Crippen molar-refractivity contribution in [1.82, 2.24) is 4.90 Å². The molecule has 0 saturated carbocycles. The number of anilines is 2. The van der Waals surface area contributed by atoms with Crippen molar-refractivity contribution in [3.05, 3.63) is 23.2 Å². The molecule has 0 spiro atoms. The summed E-state index contributed by atoms with van der Waals surface area (Å²) in [6.07, 6.45) is 1.34. The molecule has 0 atom stereocenters. The van der Waals surface area contributed by atoms with Crippen molar-refractivity contribution in [1.29, 1.82) is 0 Å². The van der Waals surface area contributed by atoms with E-state index in [1.165, 1.54) is 0 Å². The third kappa shape index (κ3) is 6.82. The number of amides is 1. The third-order valence-corrected chi connectivity index (χ3v) is 3.53. The summed E-state index contributed by atoms with van der Waals surface area (Å²) in [5.74, 6) is 0.634. The maximum absolute atomic E-state index is 11.9. The summed E-state index contributed by atoms with van der Waals surface area (Å²) in [5, 5.41) is 3.30. The Morgan fingerprint density at radius 2 is 2.14 bits per heavy atom. The predicted molar refractivity (Wildman–Crippen MR) is 90.7 cm³/mol. The molecule has 0 aliphatic heterocycles. The largest absolute Gasteiger partial charge is 0.399 e. The van der Waals surface area contributed by atoms with Crippen LogP contribution in [0.1, 0.15) is 33.6 Å². The van der Waals surface area contributed by atoms with Gasteiger partial charge < -0.3 is 16.0 Å². The van der Waals surface area contributed by atoms with Gasteiger partial charge in [0.1, 0.15) is 0 Å². The minimum absolute atomic E-state index is 0.0118. The first kappa shape index (κ1) is 17.8. The Bertz CT molecular complexity index is 463. The number of benzene rings is 1. The fraction of sp³-hybridized carbons (Fsp3) is 0.562. The highest BCUT2D eigenvalue weighted by Crippen LogP contribution is 2.24. The molecule has 0 aliphatic rings. The summed E-state index contributed by atoms with van der Waals surface area (Å²) in [5.41, 5.74) is 6.83. The van der Waals surface area contributed by atoms with E-state index < -0.39 is 0 Å². The Labute approximate surface area is 132 Å². The predicted octanol–water partition coefficient (Wildman–Crippen LogP) is 3.62. The highest BCUT2D eigenvalue weighted by molar-refractivity contribution is 6.34. The van der Waals surface area contributed by atoms with E-state index in [9.17, 15) is 4.79 Å². The molecule has 0 aliphatic carbocycles. The number of hydrogen-bond acceptors (Lipinski definition) is 3. The van der Waals surface area contributed by atoms with E-state index in [1.807, 2.05) is 0 Å². The Morgan fingerprint density at radius 1 is 1.43 bits per heavy atom. The number of hydrogen-bond donors (Lipinski definition) is 2. The minimum atomic E-state index is -0.0118. The number of nitrogen functional groups attached to an aromatic ring is 1. The van der Waals surface area contributed by atoms with Crippen LogP contribution in [0.25, 0.3) is 0 Å². The van der Waals surface area contributed by atoms with E-state index in [0.717, 1.165) is 26.1 Å². The average molecular weight is 312 g/mol. The lowest BCUT2D eigenvalue weighted by Crippen LogP contribution is -2.29. The van der Waals surface area contributed by atoms with Crippen molar-refractivity contribution < 1.29 is 4.79 Å². The van der Waals surface area contributed by atoms with Crippen LogP contribution in [0.3, 0.4) is 0 Å². The van der Waals surface area contributed by atoms with Crippen LogP contribution in [0.4, 0.5) is 11.4 Å². The van der Waals surface area contributed by atoms with Crippen LogP contribution in [0.2, 0.25) is 5.02 Å². The monoisotopic (exact) mass is 311 g/mol. The van der Waals surface area contributed by atoms with Crippen LogP contribution in [0.15, 0.2) is 18.2 Å². The Hall–Kier alpha value is -1.26.